The van der Waals surface area contributed by atoms with Crippen LogP contribution in [0.25, 0.3) is 0 Å². The van der Waals surface area contributed by atoms with Crippen molar-refractivity contribution in [1.82, 2.24) is 15.5 Å². The zero-order chi connectivity index (χ0) is 31.0. The minimum absolute atomic E-state index is 0.202. The summed E-state index contributed by atoms with van der Waals surface area (Å²) in [6.07, 6.45) is 0.466. The summed E-state index contributed by atoms with van der Waals surface area (Å²) >= 11 is 0. The zero-order valence-corrected chi connectivity index (χ0v) is 25.5. The Bertz CT molecular complexity index is 1350. The van der Waals surface area contributed by atoms with Gasteiger partial charge in [-0.05, 0) is 50.8 Å². The topological polar surface area (TPSA) is 106 Å². The lowest BCUT2D eigenvalue weighted by Crippen LogP contribution is -2.56. The molecule has 2 N–H and O–H groups in total. The van der Waals surface area contributed by atoms with E-state index >= 15 is 0 Å². The van der Waals surface area contributed by atoms with E-state index < -0.39 is 29.7 Å². The molecule has 9 heteroatoms. The molecule has 1 saturated heterocycles. The van der Waals surface area contributed by atoms with Crippen molar-refractivity contribution < 1.29 is 28.6 Å². The lowest BCUT2D eigenvalue weighted by molar-refractivity contribution is -0.140. The normalized spacial score (nSPS) is 15.5. The second-order valence-corrected chi connectivity index (χ2v) is 11.5. The molecule has 43 heavy (non-hydrogen) atoms. The van der Waals surface area contributed by atoms with Crippen molar-refractivity contribution in [3.63, 3.8) is 0 Å². The molecule has 3 amide bonds. The minimum Gasteiger partial charge on any atom is -0.493 e. The van der Waals surface area contributed by atoms with Crippen molar-refractivity contribution >= 4 is 17.9 Å². The Morgan fingerprint density at radius 1 is 0.884 bits per heavy atom. The molecule has 4 rings (SSSR count). The minimum atomic E-state index is -1.02. The fourth-order valence-electron chi connectivity index (χ4n) is 5.50. The highest BCUT2D eigenvalue weighted by atomic mass is 16.6. The summed E-state index contributed by atoms with van der Waals surface area (Å²) in [5.41, 5.74) is 1.70. The Balaban J connectivity index is 1.63. The monoisotopic (exact) mass is 587 g/mol. The molecule has 0 aromatic heterocycles. The molecule has 0 bridgehead atoms. The van der Waals surface area contributed by atoms with E-state index in [2.05, 4.69) is 10.6 Å². The van der Waals surface area contributed by atoms with Crippen LogP contribution in [0.5, 0.6) is 11.5 Å². The van der Waals surface area contributed by atoms with Gasteiger partial charge in [0, 0.05) is 24.6 Å². The predicted molar refractivity (Wildman–Crippen MR) is 164 cm³/mol. The van der Waals surface area contributed by atoms with Gasteiger partial charge >= 0.3 is 6.09 Å². The molecule has 1 heterocycles. The molecule has 2 atom stereocenters. The number of alkyl carbamates (subject to hydrolysis) is 1. The van der Waals surface area contributed by atoms with Gasteiger partial charge in [0.1, 0.15) is 17.7 Å². The summed E-state index contributed by atoms with van der Waals surface area (Å²) in [7, 11) is 3.11. The van der Waals surface area contributed by atoms with E-state index in [1.165, 1.54) is 0 Å². The number of benzene rings is 3. The number of hydrogen-bond acceptors (Lipinski definition) is 6. The smallest absolute Gasteiger partial charge is 0.408 e. The lowest BCUT2D eigenvalue weighted by atomic mass is 9.84. The van der Waals surface area contributed by atoms with Gasteiger partial charge in [0.2, 0.25) is 11.8 Å². The molecule has 3 aromatic rings. The standard InChI is InChI=1S/C34H41N3O6/c1-34(2,3)43-33(40)36-29(28(23-14-8-6-9-15-23)24-16-10-7-11-17-24)32(39)37-21-13-19-26(37)31(38)35-22-25-18-12-20-27(41-4)30(25)42-5/h6-12,14-18,20,26,28-29H,13,19,21-22H2,1-5H3,(H,35,38)(H,36,40)/t26-,29+/m0/s1. The largest absolute Gasteiger partial charge is 0.493 e. The van der Waals surface area contributed by atoms with Gasteiger partial charge in [-0.3, -0.25) is 9.59 Å². The molecule has 3 aromatic carbocycles. The van der Waals surface area contributed by atoms with Crippen LogP contribution in [0.3, 0.4) is 0 Å². The number of amides is 3. The average molecular weight is 588 g/mol. The van der Waals surface area contributed by atoms with Crippen LogP contribution in [0.1, 0.15) is 56.2 Å². The first-order valence-electron chi connectivity index (χ1n) is 14.5. The van der Waals surface area contributed by atoms with Crippen LogP contribution in [0.15, 0.2) is 78.9 Å². The van der Waals surface area contributed by atoms with E-state index in [1.807, 2.05) is 72.8 Å². The quantitative estimate of drug-likeness (QED) is 0.345. The molecule has 1 aliphatic heterocycles. The Morgan fingerprint density at radius 2 is 1.51 bits per heavy atom. The maximum atomic E-state index is 14.4. The third kappa shape index (κ3) is 7.85. The number of para-hydroxylation sites is 1. The maximum absolute atomic E-state index is 14.4. The number of carbonyl (C=O) groups excluding carboxylic acids is 3. The summed E-state index contributed by atoms with van der Waals surface area (Å²) in [4.78, 5) is 42.7. The molecule has 0 aliphatic carbocycles. The number of ether oxygens (including phenoxy) is 3. The number of likely N-dealkylation sites (tertiary alicyclic amines) is 1. The number of rotatable bonds is 10. The average Bonchev–Trinajstić information content (AvgIpc) is 3.49. The van der Waals surface area contributed by atoms with Gasteiger partial charge in [-0.1, -0.05) is 72.8 Å². The van der Waals surface area contributed by atoms with Crippen LogP contribution in [-0.4, -0.2) is 61.3 Å². The van der Waals surface area contributed by atoms with Gasteiger partial charge < -0.3 is 29.7 Å². The Hall–Kier alpha value is -4.53. The Labute approximate surface area is 253 Å². The fraction of sp³-hybridized carbons (Fsp3) is 0.382. The van der Waals surface area contributed by atoms with Crippen LogP contribution in [-0.2, 0) is 20.9 Å². The highest BCUT2D eigenvalue weighted by Crippen LogP contribution is 2.32. The Morgan fingerprint density at radius 3 is 2.07 bits per heavy atom. The number of methoxy groups -OCH3 is 2. The molecule has 0 radical (unpaired) electrons. The van der Waals surface area contributed by atoms with Crippen molar-refractivity contribution in [3.05, 3.63) is 95.6 Å². The summed E-state index contributed by atoms with van der Waals surface area (Å²) in [6, 6.07) is 22.9. The fourth-order valence-corrected chi connectivity index (χ4v) is 5.50. The number of hydrogen-bond donors (Lipinski definition) is 2. The highest BCUT2D eigenvalue weighted by molar-refractivity contribution is 5.93. The molecule has 1 fully saturated rings. The van der Waals surface area contributed by atoms with Crippen LogP contribution in [0.4, 0.5) is 4.79 Å². The van der Waals surface area contributed by atoms with Crippen molar-refractivity contribution in [1.29, 1.82) is 0 Å². The first kappa shape index (κ1) is 31.4. The van der Waals surface area contributed by atoms with Gasteiger partial charge in [-0.2, -0.15) is 0 Å². The van der Waals surface area contributed by atoms with E-state index in [0.29, 0.717) is 30.9 Å². The molecule has 9 nitrogen and oxygen atoms in total. The third-order valence-corrected chi connectivity index (χ3v) is 7.37. The SMILES string of the molecule is COc1cccc(CNC(=O)[C@@H]2CCCN2C(=O)[C@H](NC(=O)OC(C)(C)C)C(c2ccccc2)c2ccccc2)c1OC. The third-order valence-electron chi connectivity index (χ3n) is 7.37. The zero-order valence-electron chi connectivity index (χ0n) is 25.5. The first-order chi connectivity index (χ1) is 20.6. The molecule has 0 spiro atoms. The maximum Gasteiger partial charge on any atom is 0.408 e. The van der Waals surface area contributed by atoms with Crippen LogP contribution < -0.4 is 20.1 Å². The Kier molecular flexibility index (Phi) is 10.3. The number of nitrogens with zero attached hydrogens (tertiary/aromatic N) is 1. The molecule has 0 unspecified atom stereocenters. The van der Waals surface area contributed by atoms with Gasteiger partial charge in [-0.15, -0.1) is 0 Å². The summed E-state index contributed by atoms with van der Waals surface area (Å²) < 4.78 is 16.5. The molecule has 1 aliphatic rings. The summed E-state index contributed by atoms with van der Waals surface area (Å²) in [5, 5.41) is 5.85. The summed E-state index contributed by atoms with van der Waals surface area (Å²) in [6.45, 7) is 5.91. The first-order valence-corrected chi connectivity index (χ1v) is 14.5. The second kappa shape index (κ2) is 14.1. The molecule has 0 saturated carbocycles. The second-order valence-electron chi connectivity index (χ2n) is 11.5. The van der Waals surface area contributed by atoms with E-state index in [1.54, 1.807) is 46.0 Å². The molecule has 228 valence electrons. The molecular formula is C34H41N3O6. The van der Waals surface area contributed by atoms with Crippen molar-refractivity contribution in [2.24, 2.45) is 0 Å². The lowest BCUT2D eigenvalue weighted by Gasteiger charge is -2.34. The molecular weight excluding hydrogens is 546 g/mol. The number of nitrogens with one attached hydrogen (secondary N) is 2. The van der Waals surface area contributed by atoms with E-state index in [4.69, 9.17) is 14.2 Å². The van der Waals surface area contributed by atoms with Gasteiger partial charge in [-0.25, -0.2) is 4.79 Å². The van der Waals surface area contributed by atoms with Gasteiger partial charge in [0.25, 0.3) is 0 Å². The van der Waals surface area contributed by atoms with Crippen molar-refractivity contribution in [3.8, 4) is 11.5 Å². The van der Waals surface area contributed by atoms with Crippen molar-refractivity contribution in [2.75, 3.05) is 20.8 Å². The van der Waals surface area contributed by atoms with E-state index in [-0.39, 0.29) is 18.4 Å². The predicted octanol–water partition coefficient (Wildman–Crippen LogP) is 5.04. The highest BCUT2D eigenvalue weighted by Gasteiger charge is 2.42. The van der Waals surface area contributed by atoms with Crippen LogP contribution in [0, 0.1) is 0 Å². The van der Waals surface area contributed by atoms with Gasteiger partial charge in [0.05, 0.1) is 14.2 Å². The van der Waals surface area contributed by atoms with Gasteiger partial charge in [0.15, 0.2) is 11.5 Å². The van der Waals surface area contributed by atoms with Crippen LogP contribution >= 0.6 is 0 Å². The van der Waals surface area contributed by atoms with E-state index in [9.17, 15) is 14.4 Å². The summed E-state index contributed by atoms with van der Waals surface area (Å²) in [5.74, 6) is -0.0358. The van der Waals surface area contributed by atoms with Crippen LogP contribution in [0.2, 0.25) is 0 Å². The van der Waals surface area contributed by atoms with E-state index in [0.717, 1.165) is 16.7 Å². The number of carbonyl (C=O) groups is 3. The van der Waals surface area contributed by atoms with Crippen molar-refractivity contribution in [2.45, 2.75) is 63.8 Å².